The van der Waals surface area contributed by atoms with Gasteiger partial charge in [-0.05, 0) is 25.0 Å². The van der Waals surface area contributed by atoms with Crippen molar-refractivity contribution in [1.82, 2.24) is 14.9 Å². The summed E-state index contributed by atoms with van der Waals surface area (Å²) in [5.74, 6) is 0.748. The van der Waals surface area contributed by atoms with Gasteiger partial charge in [0.25, 0.3) is 0 Å². The van der Waals surface area contributed by atoms with Gasteiger partial charge in [-0.2, -0.15) is 0 Å². The molecule has 0 saturated carbocycles. The normalized spacial score (nSPS) is 12.1. The van der Waals surface area contributed by atoms with Crippen molar-refractivity contribution in [2.45, 2.75) is 26.8 Å². The molecule has 2 amide bonds. The highest BCUT2D eigenvalue weighted by Crippen LogP contribution is 2.22. The topological polar surface area (TPSA) is 68.2 Å². The third-order valence-electron chi connectivity index (χ3n) is 3.59. The third-order valence-corrected chi connectivity index (χ3v) is 3.59. The maximum Gasteiger partial charge on any atom is 0.319 e. The summed E-state index contributed by atoms with van der Waals surface area (Å²) < 4.78 is 21.1. The van der Waals surface area contributed by atoms with Gasteiger partial charge in [-0.25, -0.2) is 14.2 Å². The Morgan fingerprint density at radius 3 is 2.71 bits per heavy atom. The molecule has 2 N–H and O–H groups in total. The zero-order valence-corrected chi connectivity index (χ0v) is 14.3. The van der Waals surface area contributed by atoms with E-state index in [2.05, 4.69) is 15.6 Å². The van der Waals surface area contributed by atoms with E-state index in [0.717, 1.165) is 5.82 Å². The van der Waals surface area contributed by atoms with Gasteiger partial charge in [-0.3, -0.25) is 0 Å². The molecular formula is C17H23FN4O2. The minimum atomic E-state index is -0.547. The van der Waals surface area contributed by atoms with Gasteiger partial charge >= 0.3 is 6.03 Å². The molecule has 7 heteroatoms. The zero-order chi connectivity index (χ0) is 17.7. The molecule has 2 rings (SSSR count). The summed E-state index contributed by atoms with van der Waals surface area (Å²) in [6.45, 7) is 6.24. The Balaban J connectivity index is 2.07. The van der Waals surface area contributed by atoms with E-state index in [4.69, 9.17) is 4.74 Å². The number of rotatable bonds is 6. The Labute approximate surface area is 141 Å². The van der Waals surface area contributed by atoms with Crippen LogP contribution < -0.4 is 15.4 Å². The molecule has 130 valence electrons. The van der Waals surface area contributed by atoms with Crippen molar-refractivity contribution >= 4 is 11.7 Å². The summed E-state index contributed by atoms with van der Waals surface area (Å²) in [5, 5.41) is 5.37. The van der Waals surface area contributed by atoms with Crippen LogP contribution in [0.15, 0.2) is 30.6 Å². The molecular weight excluding hydrogens is 311 g/mol. The number of halogens is 1. The fourth-order valence-corrected chi connectivity index (χ4v) is 2.36. The van der Waals surface area contributed by atoms with Gasteiger partial charge in [0.2, 0.25) is 0 Å². The van der Waals surface area contributed by atoms with Gasteiger partial charge in [0.05, 0.1) is 18.3 Å². The molecule has 0 aliphatic carbocycles. The lowest BCUT2D eigenvalue weighted by molar-refractivity contribution is 0.243. The van der Waals surface area contributed by atoms with Gasteiger partial charge in [0.15, 0.2) is 0 Å². The number of hydrogen-bond donors (Lipinski definition) is 2. The van der Waals surface area contributed by atoms with Crippen LogP contribution in [-0.2, 0) is 7.05 Å². The number of hydrogen-bond acceptors (Lipinski definition) is 3. The largest absolute Gasteiger partial charge is 0.494 e. The van der Waals surface area contributed by atoms with Crippen molar-refractivity contribution in [2.24, 2.45) is 13.0 Å². The molecule has 0 aliphatic heterocycles. The Bertz CT molecular complexity index is 700. The number of carbonyl (C=O) groups excluding carboxylic acids is 1. The average Bonchev–Trinajstić information content (AvgIpc) is 2.93. The number of aromatic nitrogens is 2. The number of ether oxygens (including phenoxy) is 1. The highest BCUT2D eigenvalue weighted by molar-refractivity contribution is 5.89. The number of nitrogens with one attached hydrogen (secondary N) is 2. The van der Waals surface area contributed by atoms with Crippen molar-refractivity contribution in [3.8, 4) is 5.75 Å². The van der Waals surface area contributed by atoms with Crippen LogP contribution in [0, 0.1) is 11.7 Å². The van der Waals surface area contributed by atoms with Crippen LogP contribution in [0.4, 0.5) is 14.9 Å². The standard InChI is InChI=1S/C17H23FN4O2/c1-5-24-12-6-7-14(13(18)10-12)20-17(23)21-15(11(2)3)16-19-8-9-22(16)4/h6-11,15H,5H2,1-4H3,(H2,20,21,23). The lowest BCUT2D eigenvalue weighted by Crippen LogP contribution is -2.36. The molecule has 1 atom stereocenters. The van der Waals surface area contributed by atoms with Crippen LogP contribution in [0.1, 0.15) is 32.6 Å². The van der Waals surface area contributed by atoms with E-state index < -0.39 is 11.8 Å². The summed E-state index contributed by atoms with van der Waals surface area (Å²) in [5.41, 5.74) is 0.0956. The smallest absolute Gasteiger partial charge is 0.319 e. The zero-order valence-electron chi connectivity index (χ0n) is 14.3. The van der Waals surface area contributed by atoms with Crippen LogP contribution in [-0.4, -0.2) is 22.2 Å². The van der Waals surface area contributed by atoms with Crippen molar-refractivity contribution in [1.29, 1.82) is 0 Å². The van der Waals surface area contributed by atoms with Gasteiger partial charge in [-0.15, -0.1) is 0 Å². The number of nitrogens with zero attached hydrogens (tertiary/aromatic N) is 2. The number of aryl methyl sites for hydroxylation is 1. The third kappa shape index (κ3) is 4.24. The van der Waals surface area contributed by atoms with Crippen molar-refractivity contribution in [3.05, 3.63) is 42.2 Å². The molecule has 0 saturated heterocycles. The molecule has 1 heterocycles. The monoisotopic (exact) mass is 334 g/mol. The van der Waals surface area contributed by atoms with Crippen LogP contribution in [0.25, 0.3) is 0 Å². The minimum Gasteiger partial charge on any atom is -0.494 e. The van der Waals surface area contributed by atoms with Gasteiger partial charge in [-0.1, -0.05) is 13.8 Å². The summed E-state index contributed by atoms with van der Waals surface area (Å²) in [6.07, 6.45) is 3.49. The second kappa shape index (κ2) is 7.81. The van der Waals surface area contributed by atoms with Crippen LogP contribution in [0.3, 0.4) is 0 Å². The number of anilines is 1. The Morgan fingerprint density at radius 1 is 1.42 bits per heavy atom. The molecule has 24 heavy (non-hydrogen) atoms. The first kappa shape index (κ1) is 17.8. The number of carbonyl (C=O) groups is 1. The molecule has 1 aromatic carbocycles. The Kier molecular flexibility index (Phi) is 5.78. The maximum absolute atomic E-state index is 14.0. The minimum absolute atomic E-state index is 0.0956. The van der Waals surface area contributed by atoms with E-state index in [1.165, 1.54) is 12.1 Å². The fourth-order valence-electron chi connectivity index (χ4n) is 2.36. The van der Waals surface area contributed by atoms with Crippen molar-refractivity contribution in [3.63, 3.8) is 0 Å². The van der Waals surface area contributed by atoms with E-state index in [1.807, 2.05) is 38.6 Å². The van der Waals surface area contributed by atoms with Gasteiger partial charge in [0, 0.05) is 25.5 Å². The molecule has 2 aromatic rings. The quantitative estimate of drug-likeness (QED) is 0.850. The number of imidazole rings is 1. The van der Waals surface area contributed by atoms with Crippen LogP contribution in [0.2, 0.25) is 0 Å². The second-order valence-electron chi connectivity index (χ2n) is 5.79. The molecule has 1 aromatic heterocycles. The summed E-state index contributed by atoms with van der Waals surface area (Å²) in [6, 6.07) is 3.57. The Hall–Kier alpha value is -2.57. The Morgan fingerprint density at radius 2 is 2.17 bits per heavy atom. The van der Waals surface area contributed by atoms with E-state index in [-0.39, 0.29) is 17.6 Å². The molecule has 0 bridgehead atoms. The number of amides is 2. The van der Waals surface area contributed by atoms with Gasteiger partial charge < -0.3 is 19.9 Å². The SMILES string of the molecule is CCOc1ccc(NC(=O)NC(c2nccn2C)C(C)C)c(F)c1. The van der Waals surface area contributed by atoms with Crippen molar-refractivity contribution in [2.75, 3.05) is 11.9 Å². The molecule has 6 nitrogen and oxygen atoms in total. The van der Waals surface area contributed by atoms with E-state index in [0.29, 0.717) is 12.4 Å². The number of urea groups is 1. The lowest BCUT2D eigenvalue weighted by atomic mass is 10.0. The molecule has 0 fully saturated rings. The lowest BCUT2D eigenvalue weighted by Gasteiger charge is -2.22. The number of benzene rings is 1. The second-order valence-corrected chi connectivity index (χ2v) is 5.79. The predicted octanol–water partition coefficient (Wildman–Crippen LogP) is 3.48. The highest BCUT2D eigenvalue weighted by Gasteiger charge is 2.22. The van der Waals surface area contributed by atoms with E-state index in [9.17, 15) is 9.18 Å². The summed E-state index contributed by atoms with van der Waals surface area (Å²) in [7, 11) is 1.86. The van der Waals surface area contributed by atoms with E-state index >= 15 is 0 Å². The van der Waals surface area contributed by atoms with Crippen LogP contribution in [0.5, 0.6) is 5.75 Å². The fraction of sp³-hybridized carbons (Fsp3) is 0.412. The predicted molar refractivity (Wildman–Crippen MR) is 90.5 cm³/mol. The summed E-state index contributed by atoms with van der Waals surface area (Å²) in [4.78, 5) is 16.5. The highest BCUT2D eigenvalue weighted by atomic mass is 19.1. The van der Waals surface area contributed by atoms with E-state index in [1.54, 1.807) is 12.3 Å². The average molecular weight is 334 g/mol. The first-order chi connectivity index (χ1) is 11.4. The van der Waals surface area contributed by atoms with Crippen molar-refractivity contribution < 1.29 is 13.9 Å². The molecule has 0 spiro atoms. The summed E-state index contributed by atoms with van der Waals surface area (Å²) >= 11 is 0. The van der Waals surface area contributed by atoms with Crippen LogP contribution >= 0.6 is 0 Å². The maximum atomic E-state index is 14.0. The molecule has 1 unspecified atom stereocenters. The van der Waals surface area contributed by atoms with Gasteiger partial charge in [0.1, 0.15) is 17.4 Å². The first-order valence-electron chi connectivity index (χ1n) is 7.89. The molecule has 0 radical (unpaired) electrons. The molecule has 0 aliphatic rings. The first-order valence-corrected chi connectivity index (χ1v) is 7.89.